The van der Waals surface area contributed by atoms with Gasteiger partial charge in [-0.3, -0.25) is 24.5 Å². The number of esters is 1. The van der Waals surface area contributed by atoms with Crippen molar-refractivity contribution in [2.24, 2.45) is 11.8 Å². The average Bonchev–Trinajstić information content (AvgIpc) is 3.53. The van der Waals surface area contributed by atoms with Crippen molar-refractivity contribution < 1.29 is 34.1 Å². The zero-order valence-corrected chi connectivity index (χ0v) is 19.9. The van der Waals surface area contributed by atoms with Crippen LogP contribution in [0.15, 0.2) is 23.1 Å². The fourth-order valence-electron chi connectivity index (χ4n) is 4.56. The van der Waals surface area contributed by atoms with Crippen molar-refractivity contribution in [3.8, 4) is 5.75 Å². The van der Waals surface area contributed by atoms with Crippen molar-refractivity contribution in [2.75, 3.05) is 0 Å². The Kier molecular flexibility index (Phi) is 9.71. The number of nitrogens with one attached hydrogen (secondary N) is 1. The minimum Gasteiger partial charge on any atom is -0.481 e. The molecule has 184 valence electrons. The van der Waals surface area contributed by atoms with Crippen LogP contribution >= 0.6 is 11.8 Å². The van der Waals surface area contributed by atoms with Gasteiger partial charge in [0.15, 0.2) is 0 Å². The van der Waals surface area contributed by atoms with Gasteiger partial charge in [0, 0.05) is 18.4 Å². The van der Waals surface area contributed by atoms with Crippen LogP contribution in [0.3, 0.4) is 0 Å². The second-order valence-electron chi connectivity index (χ2n) is 8.95. The molecular formula is C25H31NO7S. The lowest BCUT2D eigenvalue weighted by atomic mass is 10.0. The molecule has 9 heteroatoms. The fourth-order valence-corrected chi connectivity index (χ4v) is 5.24. The molecule has 0 spiro atoms. The monoisotopic (exact) mass is 489 g/mol. The van der Waals surface area contributed by atoms with Crippen molar-refractivity contribution in [1.29, 1.82) is 0 Å². The van der Waals surface area contributed by atoms with E-state index in [0.717, 1.165) is 50.3 Å². The third kappa shape index (κ3) is 7.99. The molecule has 3 aliphatic rings. The maximum atomic E-state index is 12.1. The molecule has 2 amide bonds. The van der Waals surface area contributed by atoms with Crippen LogP contribution < -0.4 is 10.1 Å². The first-order valence-electron chi connectivity index (χ1n) is 11.7. The first kappa shape index (κ1) is 26.0. The van der Waals surface area contributed by atoms with Crippen molar-refractivity contribution in [3.05, 3.63) is 34.2 Å². The Morgan fingerprint density at radius 3 is 2.18 bits per heavy atom. The van der Waals surface area contributed by atoms with Gasteiger partial charge in [0.2, 0.25) is 0 Å². The molecule has 1 aromatic carbocycles. The summed E-state index contributed by atoms with van der Waals surface area (Å²) in [6, 6.07) is 4.92. The van der Waals surface area contributed by atoms with Gasteiger partial charge < -0.3 is 14.9 Å². The van der Waals surface area contributed by atoms with E-state index in [9.17, 15) is 24.3 Å². The Bertz CT molecular complexity index is 947. The van der Waals surface area contributed by atoms with Crippen LogP contribution in [0.4, 0.5) is 4.79 Å². The quantitative estimate of drug-likeness (QED) is 0.287. The number of amides is 2. The highest BCUT2D eigenvalue weighted by Gasteiger charge is 2.25. The number of ether oxygens (including phenoxy) is 1. The first-order valence-corrected chi connectivity index (χ1v) is 12.6. The largest absolute Gasteiger partial charge is 0.481 e. The van der Waals surface area contributed by atoms with Gasteiger partial charge in [-0.15, -0.1) is 0 Å². The van der Waals surface area contributed by atoms with E-state index in [4.69, 9.17) is 9.84 Å². The maximum absolute atomic E-state index is 12.1. The second-order valence-corrected chi connectivity index (χ2v) is 9.97. The molecule has 34 heavy (non-hydrogen) atoms. The van der Waals surface area contributed by atoms with Gasteiger partial charge in [-0.25, -0.2) is 0 Å². The Balaban J connectivity index is 0.000000302. The van der Waals surface area contributed by atoms with Crippen LogP contribution in [0.2, 0.25) is 0 Å². The van der Waals surface area contributed by atoms with E-state index in [-0.39, 0.29) is 12.6 Å². The summed E-state index contributed by atoms with van der Waals surface area (Å²) in [5.74, 6) is -0.155. The second kappa shape index (κ2) is 12.7. The maximum Gasteiger partial charge on any atom is 0.311 e. The molecule has 1 aromatic rings. The first-order chi connectivity index (χ1) is 16.3. The van der Waals surface area contributed by atoms with Crippen LogP contribution in [0, 0.1) is 11.8 Å². The Morgan fingerprint density at radius 2 is 1.65 bits per heavy atom. The van der Waals surface area contributed by atoms with Gasteiger partial charge in [-0.05, 0) is 73.1 Å². The smallest absolute Gasteiger partial charge is 0.311 e. The fraction of sp³-hybridized carbons (Fsp3) is 0.520. The van der Waals surface area contributed by atoms with Crippen molar-refractivity contribution in [2.45, 2.75) is 70.8 Å². The van der Waals surface area contributed by atoms with Crippen LogP contribution in [0.1, 0.15) is 75.3 Å². The Morgan fingerprint density at radius 1 is 1.03 bits per heavy atom. The Labute approximate surface area is 203 Å². The van der Waals surface area contributed by atoms with Gasteiger partial charge in [-0.2, -0.15) is 0 Å². The van der Waals surface area contributed by atoms with Gasteiger partial charge in [0.05, 0.1) is 11.5 Å². The van der Waals surface area contributed by atoms with E-state index in [2.05, 4.69) is 5.32 Å². The number of carbonyl (C=O) groups excluding carboxylic acids is 3. The molecule has 3 N–H and O–H groups in total. The molecule has 2 saturated carbocycles. The molecule has 0 atom stereocenters. The third-order valence-electron chi connectivity index (χ3n) is 6.29. The van der Waals surface area contributed by atoms with Gasteiger partial charge in [0.1, 0.15) is 5.75 Å². The zero-order valence-electron chi connectivity index (χ0n) is 19.1. The molecule has 2 aliphatic carbocycles. The molecule has 0 bridgehead atoms. The normalized spacial score (nSPS) is 19.7. The average molecular weight is 490 g/mol. The number of thioether (sulfide) groups is 1. The molecular weight excluding hydrogens is 458 g/mol. The standard InChI is InChI=1S/C18H19NO5S.C7H12O2/c20-10-13-7-12(8-15-17(22)19-18(23)25-15)5-6-14(13)24-16(21)9-11-3-1-2-4-11;8-7(9)5-6-3-1-2-4-6/h5-8,11,20H,1-4,9-10H2,(H,19,22,23);6H,1-5H2,(H,8,9)/b15-8-;. The number of carbonyl (C=O) groups is 4. The highest BCUT2D eigenvalue weighted by atomic mass is 32.2. The lowest BCUT2D eigenvalue weighted by Crippen LogP contribution is -2.17. The minimum absolute atomic E-state index is 0.288. The van der Waals surface area contributed by atoms with E-state index in [1.165, 1.54) is 12.8 Å². The predicted octanol–water partition coefficient (Wildman–Crippen LogP) is 4.64. The molecule has 0 unspecified atom stereocenters. The number of carboxylic acids is 1. The highest BCUT2D eigenvalue weighted by molar-refractivity contribution is 8.18. The van der Waals surface area contributed by atoms with Gasteiger partial charge >= 0.3 is 11.9 Å². The predicted molar refractivity (Wildman–Crippen MR) is 128 cm³/mol. The van der Waals surface area contributed by atoms with Crippen LogP contribution in [0.5, 0.6) is 5.75 Å². The van der Waals surface area contributed by atoms with E-state index in [1.54, 1.807) is 24.3 Å². The number of aliphatic hydroxyl groups is 1. The summed E-state index contributed by atoms with van der Waals surface area (Å²) in [6.07, 6.45) is 11.5. The lowest BCUT2D eigenvalue weighted by molar-refractivity contribution is -0.138. The van der Waals surface area contributed by atoms with E-state index < -0.39 is 17.1 Å². The number of aliphatic carboxylic acids is 1. The summed E-state index contributed by atoms with van der Waals surface area (Å²) in [5, 5.41) is 19.7. The summed E-state index contributed by atoms with van der Waals surface area (Å²) >= 11 is 0.828. The molecule has 0 aromatic heterocycles. The summed E-state index contributed by atoms with van der Waals surface area (Å²) in [4.78, 5) is 45.3. The van der Waals surface area contributed by atoms with Crippen molar-refractivity contribution in [1.82, 2.24) is 5.32 Å². The SMILES string of the molecule is O=C(CC1CCCC1)Oc1ccc(/C=C2\SC(=O)NC2=O)cc1CO.O=C(O)CC1CCCC1. The summed E-state index contributed by atoms with van der Waals surface area (Å²) in [7, 11) is 0. The molecule has 1 heterocycles. The highest BCUT2D eigenvalue weighted by Crippen LogP contribution is 2.30. The van der Waals surface area contributed by atoms with Crippen LogP contribution in [-0.2, 0) is 21.0 Å². The van der Waals surface area contributed by atoms with E-state index in [1.807, 2.05) is 0 Å². The molecule has 3 fully saturated rings. The van der Waals surface area contributed by atoms with Crippen LogP contribution in [-0.4, -0.2) is 33.3 Å². The number of benzene rings is 1. The minimum atomic E-state index is -0.637. The van der Waals surface area contributed by atoms with Crippen LogP contribution in [0.25, 0.3) is 6.08 Å². The van der Waals surface area contributed by atoms with Crippen molar-refractivity contribution >= 4 is 40.9 Å². The van der Waals surface area contributed by atoms with E-state index >= 15 is 0 Å². The van der Waals surface area contributed by atoms with Gasteiger partial charge in [0.25, 0.3) is 11.1 Å². The van der Waals surface area contributed by atoms with E-state index in [0.29, 0.717) is 46.5 Å². The summed E-state index contributed by atoms with van der Waals surface area (Å²) in [5.41, 5.74) is 1.11. The van der Waals surface area contributed by atoms with Gasteiger partial charge in [-0.1, -0.05) is 31.7 Å². The number of rotatable bonds is 7. The summed E-state index contributed by atoms with van der Waals surface area (Å²) < 4.78 is 5.40. The molecule has 0 radical (unpaired) electrons. The number of aliphatic hydroxyl groups excluding tert-OH is 1. The number of hydrogen-bond acceptors (Lipinski definition) is 7. The lowest BCUT2D eigenvalue weighted by Gasteiger charge is -2.12. The third-order valence-corrected chi connectivity index (χ3v) is 7.10. The number of hydrogen-bond donors (Lipinski definition) is 3. The summed E-state index contributed by atoms with van der Waals surface area (Å²) in [6.45, 7) is -0.290. The molecule has 4 rings (SSSR count). The molecule has 1 aliphatic heterocycles. The molecule has 8 nitrogen and oxygen atoms in total. The van der Waals surface area contributed by atoms with Crippen molar-refractivity contribution in [3.63, 3.8) is 0 Å². The molecule has 1 saturated heterocycles. The zero-order chi connectivity index (χ0) is 24.5. The Hall–Kier alpha value is -2.65. The number of carboxylic acid groups (broad SMARTS) is 1. The topological polar surface area (TPSA) is 130 Å². The number of imide groups is 1.